The summed E-state index contributed by atoms with van der Waals surface area (Å²) in [5, 5.41) is 9.07. The van der Waals surface area contributed by atoms with E-state index in [-0.39, 0.29) is 11.6 Å². The minimum Gasteiger partial charge on any atom is -0.392 e. The second-order valence-electron chi connectivity index (χ2n) is 5.24. The smallest absolute Gasteiger partial charge is 0.243 e. The van der Waals surface area contributed by atoms with E-state index in [9.17, 15) is 12.8 Å². The highest BCUT2D eigenvalue weighted by atomic mass is 79.9. The van der Waals surface area contributed by atoms with Crippen LogP contribution in [0.1, 0.15) is 31.7 Å². The third-order valence-corrected chi connectivity index (χ3v) is 5.33. The quantitative estimate of drug-likeness (QED) is 0.813. The highest BCUT2D eigenvalue weighted by molar-refractivity contribution is 9.10. The Morgan fingerprint density at radius 1 is 1.50 bits per heavy atom. The maximum atomic E-state index is 14.1. The molecule has 20 heavy (non-hydrogen) atoms. The van der Waals surface area contributed by atoms with Gasteiger partial charge in [0.05, 0.1) is 6.61 Å². The summed E-state index contributed by atoms with van der Waals surface area (Å²) in [5.41, 5.74) is -0.0467. The number of aliphatic hydroxyl groups excluding tert-OH is 1. The second-order valence-corrected chi connectivity index (χ2v) is 7.83. The van der Waals surface area contributed by atoms with Crippen LogP contribution >= 0.6 is 15.9 Å². The molecule has 1 unspecified atom stereocenters. The van der Waals surface area contributed by atoms with Crippen molar-refractivity contribution in [3.8, 4) is 0 Å². The Kier molecular flexibility index (Phi) is 4.84. The number of aliphatic hydroxyl groups is 1. The second kappa shape index (κ2) is 6.09. The van der Waals surface area contributed by atoms with Crippen molar-refractivity contribution in [1.29, 1.82) is 0 Å². The summed E-state index contributed by atoms with van der Waals surface area (Å²) in [6.45, 7) is 1.23. The van der Waals surface area contributed by atoms with Crippen molar-refractivity contribution in [2.75, 3.05) is 0 Å². The average Bonchev–Trinajstić information content (AvgIpc) is 3.14. The first-order chi connectivity index (χ1) is 9.33. The van der Waals surface area contributed by atoms with E-state index in [4.69, 9.17) is 5.11 Å². The van der Waals surface area contributed by atoms with Crippen LogP contribution in [0.3, 0.4) is 0 Å². The van der Waals surface area contributed by atoms with Gasteiger partial charge in [0.2, 0.25) is 10.0 Å². The largest absolute Gasteiger partial charge is 0.392 e. The van der Waals surface area contributed by atoms with E-state index in [2.05, 4.69) is 20.7 Å². The van der Waals surface area contributed by atoms with Gasteiger partial charge in [-0.1, -0.05) is 28.8 Å². The molecule has 0 bridgehead atoms. The van der Waals surface area contributed by atoms with Gasteiger partial charge in [-0.05, 0) is 31.4 Å². The molecular weight excluding hydrogens is 349 g/mol. The molecule has 0 heterocycles. The Hall–Kier alpha value is -0.500. The van der Waals surface area contributed by atoms with Crippen molar-refractivity contribution in [1.82, 2.24) is 4.72 Å². The van der Waals surface area contributed by atoms with E-state index in [1.54, 1.807) is 6.92 Å². The number of hydrogen-bond donors (Lipinski definition) is 2. The van der Waals surface area contributed by atoms with E-state index >= 15 is 0 Å². The zero-order valence-electron chi connectivity index (χ0n) is 11.1. The van der Waals surface area contributed by atoms with Crippen LogP contribution in [0.2, 0.25) is 0 Å². The van der Waals surface area contributed by atoms with Crippen molar-refractivity contribution in [2.45, 2.75) is 43.7 Å². The monoisotopic (exact) mass is 365 g/mol. The highest BCUT2D eigenvalue weighted by Gasteiger charge is 2.28. The van der Waals surface area contributed by atoms with Gasteiger partial charge in [0.15, 0.2) is 0 Å². The molecule has 2 N–H and O–H groups in total. The SMILES string of the molecule is CC(CC1CC1)NS(=O)(=O)c1cc(Br)cc(CO)c1F. The first-order valence-electron chi connectivity index (χ1n) is 6.44. The van der Waals surface area contributed by atoms with Crippen molar-refractivity contribution in [2.24, 2.45) is 5.92 Å². The van der Waals surface area contributed by atoms with Crippen LogP contribution in [-0.2, 0) is 16.6 Å². The summed E-state index contributed by atoms with van der Waals surface area (Å²) >= 11 is 3.13. The van der Waals surface area contributed by atoms with Crippen LogP contribution in [0.25, 0.3) is 0 Å². The average molecular weight is 366 g/mol. The number of rotatable bonds is 6. The first kappa shape index (κ1) is 15.9. The lowest BCUT2D eigenvalue weighted by Gasteiger charge is -2.15. The molecule has 1 fully saturated rings. The predicted octanol–water partition coefficient (Wildman–Crippen LogP) is 2.55. The highest BCUT2D eigenvalue weighted by Crippen LogP contribution is 2.34. The molecule has 0 aromatic heterocycles. The summed E-state index contributed by atoms with van der Waals surface area (Å²) in [6, 6.07) is 2.34. The summed E-state index contributed by atoms with van der Waals surface area (Å²) < 4.78 is 41.4. The zero-order valence-corrected chi connectivity index (χ0v) is 13.5. The van der Waals surface area contributed by atoms with Gasteiger partial charge in [0.1, 0.15) is 10.7 Å². The zero-order chi connectivity index (χ0) is 14.9. The molecule has 0 saturated heterocycles. The third-order valence-electron chi connectivity index (χ3n) is 3.28. The van der Waals surface area contributed by atoms with E-state index in [1.165, 1.54) is 12.1 Å². The van der Waals surface area contributed by atoms with Gasteiger partial charge < -0.3 is 5.11 Å². The fourth-order valence-electron chi connectivity index (χ4n) is 2.16. The van der Waals surface area contributed by atoms with Crippen LogP contribution < -0.4 is 4.72 Å². The van der Waals surface area contributed by atoms with Crippen LogP contribution in [0.5, 0.6) is 0 Å². The molecule has 1 aromatic carbocycles. The predicted molar refractivity (Wildman–Crippen MR) is 77.1 cm³/mol. The molecule has 0 amide bonds. The Balaban J connectivity index is 2.25. The maximum Gasteiger partial charge on any atom is 0.243 e. The lowest BCUT2D eigenvalue weighted by molar-refractivity contribution is 0.274. The van der Waals surface area contributed by atoms with Gasteiger partial charge >= 0.3 is 0 Å². The molecule has 1 aliphatic carbocycles. The molecule has 1 saturated carbocycles. The van der Waals surface area contributed by atoms with Gasteiger partial charge in [-0.25, -0.2) is 17.5 Å². The van der Waals surface area contributed by atoms with E-state index in [0.29, 0.717) is 10.4 Å². The summed E-state index contributed by atoms with van der Waals surface area (Å²) in [7, 11) is -3.93. The summed E-state index contributed by atoms with van der Waals surface area (Å²) in [6.07, 6.45) is 3.03. The lowest BCUT2D eigenvalue weighted by atomic mass is 10.2. The van der Waals surface area contributed by atoms with Crippen molar-refractivity contribution >= 4 is 26.0 Å². The Morgan fingerprint density at radius 3 is 2.70 bits per heavy atom. The van der Waals surface area contributed by atoms with Gasteiger partial charge in [0.25, 0.3) is 0 Å². The molecule has 0 spiro atoms. The molecule has 4 nitrogen and oxygen atoms in total. The molecule has 0 radical (unpaired) electrons. The minimum absolute atomic E-state index is 0.0467. The van der Waals surface area contributed by atoms with Crippen LogP contribution in [0.15, 0.2) is 21.5 Å². The first-order valence-corrected chi connectivity index (χ1v) is 8.72. The molecule has 2 rings (SSSR count). The Bertz CT molecular complexity index is 602. The van der Waals surface area contributed by atoms with Gasteiger partial charge in [-0.15, -0.1) is 0 Å². The number of hydrogen-bond acceptors (Lipinski definition) is 3. The van der Waals surface area contributed by atoms with E-state index < -0.39 is 27.3 Å². The molecular formula is C13H17BrFNO3S. The topological polar surface area (TPSA) is 66.4 Å². The standard InChI is InChI=1S/C13H17BrFNO3S/c1-8(4-9-2-3-9)16-20(18,19)12-6-11(14)5-10(7-17)13(12)15/h5-6,8-9,16-17H,2-4,7H2,1H3. The normalized spacial score (nSPS) is 17.2. The van der Waals surface area contributed by atoms with Crippen molar-refractivity contribution in [3.05, 3.63) is 28.0 Å². The third kappa shape index (κ3) is 3.78. The molecule has 0 aliphatic heterocycles. The minimum atomic E-state index is -3.93. The Labute approximate surface area is 126 Å². The summed E-state index contributed by atoms with van der Waals surface area (Å²) in [5.74, 6) is -0.324. The van der Waals surface area contributed by atoms with Gasteiger partial charge in [-0.3, -0.25) is 0 Å². The van der Waals surface area contributed by atoms with Crippen molar-refractivity contribution in [3.63, 3.8) is 0 Å². The summed E-state index contributed by atoms with van der Waals surface area (Å²) in [4.78, 5) is -0.432. The van der Waals surface area contributed by atoms with Gasteiger partial charge in [-0.2, -0.15) is 0 Å². The van der Waals surface area contributed by atoms with E-state index in [0.717, 1.165) is 19.3 Å². The van der Waals surface area contributed by atoms with Crippen molar-refractivity contribution < 1.29 is 17.9 Å². The fraction of sp³-hybridized carbons (Fsp3) is 0.538. The van der Waals surface area contributed by atoms with Crippen LogP contribution in [-0.4, -0.2) is 19.6 Å². The van der Waals surface area contributed by atoms with Crippen LogP contribution in [0.4, 0.5) is 4.39 Å². The molecule has 7 heteroatoms. The number of halogens is 2. The molecule has 112 valence electrons. The fourth-order valence-corrected chi connectivity index (χ4v) is 4.22. The van der Waals surface area contributed by atoms with Crippen LogP contribution in [0, 0.1) is 11.7 Å². The van der Waals surface area contributed by atoms with E-state index in [1.807, 2.05) is 0 Å². The molecule has 1 atom stereocenters. The van der Waals surface area contributed by atoms with Gasteiger partial charge in [0, 0.05) is 16.1 Å². The molecule has 1 aliphatic rings. The lowest BCUT2D eigenvalue weighted by Crippen LogP contribution is -2.33. The molecule has 1 aromatic rings. The number of sulfonamides is 1. The number of nitrogens with one attached hydrogen (secondary N) is 1. The maximum absolute atomic E-state index is 14.1. The number of benzene rings is 1. The Morgan fingerprint density at radius 2 is 2.15 bits per heavy atom.